The van der Waals surface area contributed by atoms with Gasteiger partial charge in [0.05, 0.1) is 0 Å². The molecule has 0 amide bonds. The maximum absolute atomic E-state index is 13.3. The molecule has 0 heterocycles. The number of nitrogens with one attached hydrogen (secondary N) is 1. The first kappa shape index (κ1) is 14.0. The Bertz CT molecular complexity index is 407. The summed E-state index contributed by atoms with van der Waals surface area (Å²) in [5, 5.41) is 3.43. The van der Waals surface area contributed by atoms with Crippen LogP contribution in [0.1, 0.15) is 31.7 Å². The molecule has 0 radical (unpaired) electrons. The van der Waals surface area contributed by atoms with Gasteiger partial charge in [-0.05, 0) is 55.5 Å². The highest BCUT2D eigenvalue weighted by atomic mass is 79.9. The van der Waals surface area contributed by atoms with Crippen LogP contribution in [0.25, 0.3) is 0 Å². The van der Waals surface area contributed by atoms with E-state index in [0.29, 0.717) is 12.0 Å². The summed E-state index contributed by atoms with van der Waals surface area (Å²) in [4.78, 5) is 0. The van der Waals surface area contributed by atoms with Gasteiger partial charge in [-0.25, -0.2) is 4.39 Å². The van der Waals surface area contributed by atoms with Crippen molar-refractivity contribution < 1.29 is 4.39 Å². The molecule has 0 bridgehead atoms. The lowest BCUT2D eigenvalue weighted by Gasteiger charge is -2.27. The van der Waals surface area contributed by atoms with Gasteiger partial charge in [0.25, 0.3) is 0 Å². The molecular weight excluding hydrogens is 293 g/mol. The zero-order valence-corrected chi connectivity index (χ0v) is 12.6. The van der Waals surface area contributed by atoms with Crippen molar-refractivity contribution in [2.45, 2.75) is 38.6 Å². The summed E-state index contributed by atoms with van der Waals surface area (Å²) in [6.45, 7) is 2.34. The Morgan fingerprint density at radius 3 is 2.83 bits per heavy atom. The molecule has 0 saturated heterocycles. The summed E-state index contributed by atoms with van der Waals surface area (Å²) >= 11 is 3.52. The van der Waals surface area contributed by atoms with Crippen LogP contribution in [0, 0.1) is 17.7 Å². The highest BCUT2D eigenvalue weighted by Crippen LogP contribution is 2.35. The molecule has 0 aromatic heterocycles. The normalized spacial score (nSPS) is 25.3. The van der Waals surface area contributed by atoms with Crippen LogP contribution in [-0.4, -0.2) is 13.1 Å². The molecule has 3 atom stereocenters. The largest absolute Gasteiger partial charge is 0.316 e. The molecule has 1 saturated carbocycles. The zero-order valence-electron chi connectivity index (χ0n) is 11.0. The van der Waals surface area contributed by atoms with Crippen LogP contribution in [0.3, 0.4) is 0 Å². The average Bonchev–Trinajstić information content (AvgIpc) is 2.77. The van der Waals surface area contributed by atoms with Crippen LogP contribution in [0.5, 0.6) is 0 Å². The molecule has 1 aliphatic rings. The molecule has 2 rings (SSSR count). The van der Waals surface area contributed by atoms with Crippen molar-refractivity contribution in [1.29, 1.82) is 0 Å². The fraction of sp³-hybridized carbons (Fsp3) is 0.600. The maximum Gasteiger partial charge on any atom is 0.123 e. The van der Waals surface area contributed by atoms with E-state index in [1.54, 1.807) is 12.1 Å². The third kappa shape index (κ3) is 3.12. The van der Waals surface area contributed by atoms with Gasteiger partial charge in [-0.1, -0.05) is 35.7 Å². The summed E-state index contributed by atoms with van der Waals surface area (Å²) in [6.07, 6.45) is 4.84. The zero-order chi connectivity index (χ0) is 13.1. The molecule has 3 heteroatoms. The standard InChI is InChI=1S/C15H21BrFN/c1-10-4-3-5-13(10)15(18-2)9-11-8-12(17)6-7-14(11)16/h6-8,10,13,15,18H,3-5,9H2,1-2H3. The molecule has 18 heavy (non-hydrogen) atoms. The Labute approximate surface area is 117 Å². The van der Waals surface area contributed by atoms with Crippen molar-refractivity contribution in [3.05, 3.63) is 34.1 Å². The van der Waals surface area contributed by atoms with Gasteiger partial charge in [-0.3, -0.25) is 0 Å². The van der Waals surface area contributed by atoms with Gasteiger partial charge < -0.3 is 5.32 Å². The molecule has 0 aliphatic heterocycles. The van der Waals surface area contributed by atoms with E-state index in [1.807, 2.05) is 7.05 Å². The molecule has 1 N–H and O–H groups in total. The van der Waals surface area contributed by atoms with Gasteiger partial charge in [-0.15, -0.1) is 0 Å². The summed E-state index contributed by atoms with van der Waals surface area (Å²) in [7, 11) is 2.02. The van der Waals surface area contributed by atoms with Crippen LogP contribution >= 0.6 is 15.9 Å². The molecule has 1 aromatic rings. The van der Waals surface area contributed by atoms with Crippen LogP contribution in [-0.2, 0) is 6.42 Å². The van der Waals surface area contributed by atoms with E-state index in [2.05, 4.69) is 28.2 Å². The molecule has 1 nitrogen and oxygen atoms in total. The lowest BCUT2D eigenvalue weighted by atomic mass is 9.86. The molecule has 3 unspecified atom stereocenters. The fourth-order valence-electron chi connectivity index (χ4n) is 3.18. The van der Waals surface area contributed by atoms with Crippen molar-refractivity contribution in [1.82, 2.24) is 5.32 Å². The summed E-state index contributed by atoms with van der Waals surface area (Å²) in [5.41, 5.74) is 1.06. The SMILES string of the molecule is CNC(Cc1cc(F)ccc1Br)C1CCCC1C. The van der Waals surface area contributed by atoms with Gasteiger partial charge in [0.2, 0.25) is 0 Å². The van der Waals surface area contributed by atoms with E-state index < -0.39 is 0 Å². The summed E-state index contributed by atoms with van der Waals surface area (Å²) in [6, 6.07) is 5.39. The molecule has 0 spiro atoms. The Morgan fingerprint density at radius 2 is 2.22 bits per heavy atom. The minimum Gasteiger partial charge on any atom is -0.316 e. The number of likely N-dealkylation sites (N-methyl/N-ethyl adjacent to an activating group) is 1. The van der Waals surface area contributed by atoms with E-state index in [4.69, 9.17) is 0 Å². The lowest BCUT2D eigenvalue weighted by molar-refractivity contribution is 0.308. The Hall–Kier alpha value is -0.410. The van der Waals surface area contributed by atoms with Crippen molar-refractivity contribution in [2.24, 2.45) is 11.8 Å². The molecular formula is C15H21BrFN. The Kier molecular flexibility index (Phi) is 4.79. The predicted octanol–water partition coefficient (Wildman–Crippen LogP) is 4.15. The van der Waals surface area contributed by atoms with E-state index in [1.165, 1.54) is 25.3 Å². The van der Waals surface area contributed by atoms with Crippen molar-refractivity contribution in [3.63, 3.8) is 0 Å². The first-order valence-electron chi connectivity index (χ1n) is 6.73. The van der Waals surface area contributed by atoms with Gasteiger partial charge in [0.15, 0.2) is 0 Å². The second-order valence-corrected chi connectivity index (χ2v) is 6.26. The number of benzene rings is 1. The summed E-state index contributed by atoms with van der Waals surface area (Å²) < 4.78 is 14.3. The van der Waals surface area contributed by atoms with Crippen LogP contribution < -0.4 is 5.32 Å². The first-order chi connectivity index (χ1) is 8.61. The predicted molar refractivity (Wildman–Crippen MR) is 77.2 cm³/mol. The fourth-order valence-corrected chi connectivity index (χ4v) is 3.58. The van der Waals surface area contributed by atoms with Crippen molar-refractivity contribution in [3.8, 4) is 0 Å². The smallest absolute Gasteiger partial charge is 0.123 e. The quantitative estimate of drug-likeness (QED) is 0.880. The molecule has 1 aromatic carbocycles. The van der Waals surface area contributed by atoms with Gasteiger partial charge in [0, 0.05) is 10.5 Å². The average molecular weight is 314 g/mol. The van der Waals surface area contributed by atoms with Crippen molar-refractivity contribution in [2.75, 3.05) is 7.05 Å². The second kappa shape index (κ2) is 6.16. The summed E-state index contributed by atoms with van der Waals surface area (Å²) in [5.74, 6) is 1.34. The number of rotatable bonds is 4. The second-order valence-electron chi connectivity index (χ2n) is 5.41. The Balaban J connectivity index is 2.12. The number of hydrogen-bond acceptors (Lipinski definition) is 1. The van der Waals surface area contributed by atoms with Gasteiger partial charge in [-0.2, -0.15) is 0 Å². The van der Waals surface area contributed by atoms with Crippen LogP contribution in [0.4, 0.5) is 4.39 Å². The van der Waals surface area contributed by atoms with Crippen molar-refractivity contribution >= 4 is 15.9 Å². The molecule has 1 aliphatic carbocycles. The molecule has 100 valence electrons. The minimum absolute atomic E-state index is 0.150. The highest BCUT2D eigenvalue weighted by Gasteiger charge is 2.30. The maximum atomic E-state index is 13.3. The van der Waals surface area contributed by atoms with Gasteiger partial charge in [0.1, 0.15) is 5.82 Å². The topological polar surface area (TPSA) is 12.0 Å². The minimum atomic E-state index is -0.150. The first-order valence-corrected chi connectivity index (χ1v) is 7.52. The van der Waals surface area contributed by atoms with Crippen LogP contribution in [0.2, 0.25) is 0 Å². The highest BCUT2D eigenvalue weighted by molar-refractivity contribution is 9.10. The number of hydrogen-bond donors (Lipinski definition) is 1. The monoisotopic (exact) mass is 313 g/mol. The van der Waals surface area contributed by atoms with E-state index in [-0.39, 0.29) is 5.82 Å². The van der Waals surface area contributed by atoms with E-state index in [9.17, 15) is 4.39 Å². The van der Waals surface area contributed by atoms with E-state index >= 15 is 0 Å². The van der Waals surface area contributed by atoms with Gasteiger partial charge >= 0.3 is 0 Å². The third-order valence-electron chi connectivity index (χ3n) is 4.26. The lowest BCUT2D eigenvalue weighted by Crippen LogP contribution is -2.37. The van der Waals surface area contributed by atoms with E-state index in [0.717, 1.165) is 22.4 Å². The van der Waals surface area contributed by atoms with Crippen LogP contribution in [0.15, 0.2) is 22.7 Å². The Morgan fingerprint density at radius 1 is 1.44 bits per heavy atom. The third-order valence-corrected chi connectivity index (χ3v) is 5.04. The molecule has 1 fully saturated rings. The number of halogens is 2.